The van der Waals surface area contributed by atoms with Crippen LogP contribution < -0.4 is 0 Å². The molecule has 1 heterocycles. The molecule has 0 amide bonds. The van der Waals surface area contributed by atoms with Gasteiger partial charge in [0, 0.05) is 0 Å². The van der Waals surface area contributed by atoms with Crippen LogP contribution in [0.2, 0.25) is 0 Å². The second-order valence-corrected chi connectivity index (χ2v) is 4.88. The fraction of sp³-hybridized carbons (Fsp3) is 0.286. The Balaban J connectivity index is 1.93. The molecule has 0 aliphatic heterocycles. The molecular formula is C14H16OS. The zero-order valence-electron chi connectivity index (χ0n) is 9.39. The van der Waals surface area contributed by atoms with E-state index in [9.17, 15) is 5.11 Å². The molecule has 0 aliphatic rings. The Hall–Kier alpha value is -1.12. The molecule has 1 atom stereocenters. The minimum Gasteiger partial charge on any atom is -0.388 e. The van der Waals surface area contributed by atoms with Crippen molar-refractivity contribution in [3.8, 4) is 0 Å². The molecule has 16 heavy (non-hydrogen) atoms. The van der Waals surface area contributed by atoms with E-state index in [0.29, 0.717) is 0 Å². The lowest BCUT2D eigenvalue weighted by atomic mass is 10.0. The molecule has 1 aromatic carbocycles. The van der Waals surface area contributed by atoms with Gasteiger partial charge >= 0.3 is 0 Å². The monoisotopic (exact) mass is 232 g/mol. The Kier molecular flexibility index (Phi) is 3.75. The summed E-state index contributed by atoms with van der Waals surface area (Å²) in [6, 6.07) is 10.2. The van der Waals surface area contributed by atoms with Crippen molar-refractivity contribution in [1.29, 1.82) is 0 Å². The first-order valence-corrected chi connectivity index (χ1v) is 6.45. The van der Waals surface area contributed by atoms with Gasteiger partial charge in [0.1, 0.15) is 0 Å². The average molecular weight is 232 g/mol. The topological polar surface area (TPSA) is 20.2 Å². The number of aliphatic hydroxyl groups excluding tert-OH is 1. The fourth-order valence-corrected chi connectivity index (χ4v) is 2.40. The van der Waals surface area contributed by atoms with Gasteiger partial charge in [-0.25, -0.2) is 0 Å². The van der Waals surface area contributed by atoms with Gasteiger partial charge in [-0.05, 0) is 47.7 Å². The second kappa shape index (κ2) is 5.28. The molecule has 0 saturated heterocycles. The van der Waals surface area contributed by atoms with Crippen molar-refractivity contribution in [3.05, 3.63) is 57.8 Å². The predicted molar refractivity (Wildman–Crippen MR) is 68.8 cm³/mol. The van der Waals surface area contributed by atoms with Gasteiger partial charge in [0.25, 0.3) is 0 Å². The molecule has 2 heteroatoms. The molecule has 2 rings (SSSR count). The molecule has 0 saturated carbocycles. The van der Waals surface area contributed by atoms with Crippen LogP contribution in [-0.4, -0.2) is 5.11 Å². The van der Waals surface area contributed by atoms with E-state index in [4.69, 9.17) is 0 Å². The van der Waals surface area contributed by atoms with E-state index in [1.165, 1.54) is 11.1 Å². The third-order valence-electron chi connectivity index (χ3n) is 2.75. The van der Waals surface area contributed by atoms with Crippen LogP contribution in [0.4, 0.5) is 0 Å². The van der Waals surface area contributed by atoms with E-state index in [-0.39, 0.29) is 6.10 Å². The predicted octanol–water partition coefficient (Wildman–Crippen LogP) is 3.72. The SMILES string of the molecule is Cc1ccc(C(O)CCc2ccsc2)cc1. The second-order valence-electron chi connectivity index (χ2n) is 4.10. The summed E-state index contributed by atoms with van der Waals surface area (Å²) in [5.74, 6) is 0. The minimum absolute atomic E-state index is 0.347. The van der Waals surface area contributed by atoms with Crippen molar-refractivity contribution in [2.24, 2.45) is 0 Å². The summed E-state index contributed by atoms with van der Waals surface area (Å²) in [4.78, 5) is 0. The van der Waals surface area contributed by atoms with Crippen molar-refractivity contribution >= 4 is 11.3 Å². The standard InChI is InChI=1S/C14H16OS/c1-11-2-5-13(6-3-11)14(15)7-4-12-8-9-16-10-12/h2-3,5-6,8-10,14-15H,4,7H2,1H3. The van der Waals surface area contributed by atoms with E-state index >= 15 is 0 Å². The minimum atomic E-state index is -0.347. The van der Waals surface area contributed by atoms with Crippen LogP contribution in [0.3, 0.4) is 0 Å². The molecule has 2 aromatic rings. The number of hydrogen-bond acceptors (Lipinski definition) is 2. The van der Waals surface area contributed by atoms with Gasteiger partial charge in [-0.15, -0.1) is 0 Å². The third-order valence-corrected chi connectivity index (χ3v) is 3.48. The van der Waals surface area contributed by atoms with Gasteiger partial charge < -0.3 is 5.11 Å². The normalized spacial score (nSPS) is 12.6. The quantitative estimate of drug-likeness (QED) is 0.851. The highest BCUT2D eigenvalue weighted by Gasteiger charge is 2.07. The zero-order chi connectivity index (χ0) is 11.4. The summed E-state index contributed by atoms with van der Waals surface area (Å²) >= 11 is 1.71. The van der Waals surface area contributed by atoms with Crippen LogP contribution in [0.5, 0.6) is 0 Å². The molecule has 1 N–H and O–H groups in total. The van der Waals surface area contributed by atoms with Crippen molar-refractivity contribution in [2.45, 2.75) is 25.9 Å². The maximum Gasteiger partial charge on any atom is 0.0793 e. The van der Waals surface area contributed by atoms with Crippen LogP contribution >= 0.6 is 11.3 Å². The molecule has 1 unspecified atom stereocenters. The zero-order valence-corrected chi connectivity index (χ0v) is 10.2. The lowest BCUT2D eigenvalue weighted by Crippen LogP contribution is -1.99. The van der Waals surface area contributed by atoms with Gasteiger partial charge in [0.2, 0.25) is 0 Å². The number of aliphatic hydroxyl groups is 1. The molecule has 1 nitrogen and oxygen atoms in total. The van der Waals surface area contributed by atoms with Crippen molar-refractivity contribution in [1.82, 2.24) is 0 Å². The van der Waals surface area contributed by atoms with E-state index in [1.807, 2.05) is 24.3 Å². The molecule has 0 bridgehead atoms. The van der Waals surface area contributed by atoms with Gasteiger partial charge in [-0.1, -0.05) is 29.8 Å². The Labute approximate surface area is 100 Å². The maximum atomic E-state index is 10.0. The Morgan fingerprint density at radius 3 is 2.56 bits per heavy atom. The maximum absolute atomic E-state index is 10.0. The van der Waals surface area contributed by atoms with Gasteiger partial charge in [-0.2, -0.15) is 11.3 Å². The average Bonchev–Trinajstić information content (AvgIpc) is 2.80. The summed E-state index contributed by atoms with van der Waals surface area (Å²) < 4.78 is 0. The molecule has 0 radical (unpaired) electrons. The number of thiophene rings is 1. The number of rotatable bonds is 4. The highest BCUT2D eigenvalue weighted by Crippen LogP contribution is 2.20. The summed E-state index contributed by atoms with van der Waals surface area (Å²) in [6.45, 7) is 2.06. The van der Waals surface area contributed by atoms with Crippen LogP contribution in [0.15, 0.2) is 41.1 Å². The van der Waals surface area contributed by atoms with Crippen LogP contribution in [0.25, 0.3) is 0 Å². The third kappa shape index (κ3) is 2.94. The van der Waals surface area contributed by atoms with Crippen molar-refractivity contribution < 1.29 is 5.11 Å². The van der Waals surface area contributed by atoms with Crippen LogP contribution in [0.1, 0.15) is 29.2 Å². The van der Waals surface area contributed by atoms with Crippen molar-refractivity contribution in [2.75, 3.05) is 0 Å². The molecule has 0 fully saturated rings. The largest absolute Gasteiger partial charge is 0.388 e. The summed E-state index contributed by atoms with van der Waals surface area (Å²) in [5, 5.41) is 14.2. The highest BCUT2D eigenvalue weighted by atomic mass is 32.1. The summed E-state index contributed by atoms with van der Waals surface area (Å²) in [7, 11) is 0. The molecule has 0 aliphatic carbocycles. The van der Waals surface area contributed by atoms with Gasteiger partial charge in [-0.3, -0.25) is 0 Å². The van der Waals surface area contributed by atoms with Crippen LogP contribution in [-0.2, 0) is 6.42 Å². The number of hydrogen-bond donors (Lipinski definition) is 1. The smallest absolute Gasteiger partial charge is 0.0793 e. The Morgan fingerprint density at radius 1 is 1.19 bits per heavy atom. The lowest BCUT2D eigenvalue weighted by Gasteiger charge is -2.10. The van der Waals surface area contributed by atoms with Crippen LogP contribution in [0, 0.1) is 6.92 Å². The first kappa shape index (κ1) is 11.4. The van der Waals surface area contributed by atoms with Gasteiger partial charge in [0.05, 0.1) is 6.10 Å². The van der Waals surface area contributed by atoms with E-state index in [2.05, 4.69) is 23.8 Å². The molecule has 84 valence electrons. The van der Waals surface area contributed by atoms with Crippen molar-refractivity contribution in [3.63, 3.8) is 0 Å². The number of benzene rings is 1. The molecule has 0 spiro atoms. The highest BCUT2D eigenvalue weighted by molar-refractivity contribution is 7.07. The summed E-state index contributed by atoms with van der Waals surface area (Å²) in [6.07, 6.45) is 1.39. The molecule has 1 aromatic heterocycles. The Morgan fingerprint density at radius 2 is 1.94 bits per heavy atom. The Bertz CT molecular complexity index is 417. The lowest BCUT2D eigenvalue weighted by molar-refractivity contribution is 0.168. The number of aryl methyl sites for hydroxylation is 2. The van der Waals surface area contributed by atoms with E-state index in [1.54, 1.807) is 11.3 Å². The van der Waals surface area contributed by atoms with E-state index in [0.717, 1.165) is 18.4 Å². The summed E-state index contributed by atoms with van der Waals surface area (Å²) in [5.41, 5.74) is 3.56. The van der Waals surface area contributed by atoms with E-state index < -0.39 is 0 Å². The van der Waals surface area contributed by atoms with Gasteiger partial charge in [0.15, 0.2) is 0 Å². The first-order chi connectivity index (χ1) is 7.75. The first-order valence-electron chi connectivity index (χ1n) is 5.51. The molecular weight excluding hydrogens is 216 g/mol. The fourth-order valence-electron chi connectivity index (χ4n) is 1.69.